The van der Waals surface area contributed by atoms with Gasteiger partial charge in [0.05, 0.1) is 31.3 Å². The van der Waals surface area contributed by atoms with Crippen LogP contribution < -0.4 is 20.9 Å². The molecule has 0 aliphatic carbocycles. The molecular weight excluding hydrogens is 462 g/mol. The van der Waals surface area contributed by atoms with Crippen molar-refractivity contribution in [1.82, 2.24) is 14.1 Å². The van der Waals surface area contributed by atoms with E-state index in [2.05, 4.69) is 4.98 Å². The summed E-state index contributed by atoms with van der Waals surface area (Å²) in [6.45, 7) is -0.179. The minimum Gasteiger partial charge on any atom is -0.481 e. The van der Waals surface area contributed by atoms with E-state index in [0.29, 0.717) is 17.3 Å². The second-order valence-electron chi connectivity index (χ2n) is 8.03. The third kappa shape index (κ3) is 4.70. The van der Waals surface area contributed by atoms with Crippen LogP contribution in [-0.4, -0.2) is 40.8 Å². The number of carbonyl (C=O) groups excluding carboxylic acids is 1. The Labute approximate surface area is 198 Å². The van der Waals surface area contributed by atoms with Crippen molar-refractivity contribution in [3.63, 3.8) is 0 Å². The van der Waals surface area contributed by atoms with E-state index in [4.69, 9.17) is 9.47 Å². The van der Waals surface area contributed by atoms with Crippen molar-refractivity contribution in [2.75, 3.05) is 25.6 Å². The highest BCUT2D eigenvalue weighted by molar-refractivity contribution is 5.97. The van der Waals surface area contributed by atoms with Crippen molar-refractivity contribution in [2.24, 2.45) is 7.05 Å². The van der Waals surface area contributed by atoms with Gasteiger partial charge in [0.2, 0.25) is 5.88 Å². The van der Waals surface area contributed by atoms with Gasteiger partial charge in [-0.1, -0.05) is 6.07 Å². The number of esters is 1. The lowest BCUT2D eigenvalue weighted by Gasteiger charge is -2.28. The number of rotatable bonds is 6. The largest absolute Gasteiger partial charge is 0.481 e. The molecule has 4 rings (SSSR count). The van der Waals surface area contributed by atoms with Crippen molar-refractivity contribution < 1.29 is 23.0 Å². The monoisotopic (exact) mass is 484 g/mol. The summed E-state index contributed by atoms with van der Waals surface area (Å²) in [5.41, 5.74) is -0.0488. The number of hydrogen-bond donors (Lipinski definition) is 0. The Kier molecular flexibility index (Phi) is 6.50. The van der Waals surface area contributed by atoms with Gasteiger partial charge >= 0.3 is 11.7 Å². The van der Waals surface area contributed by atoms with E-state index < -0.39 is 28.9 Å². The third-order valence-electron chi connectivity index (χ3n) is 5.60. The molecule has 11 heteroatoms. The zero-order valence-electron chi connectivity index (χ0n) is 19.2. The minimum atomic E-state index is -1.08. The molecule has 0 saturated carbocycles. The predicted molar refractivity (Wildman–Crippen MR) is 123 cm³/mol. The van der Waals surface area contributed by atoms with Gasteiger partial charge in [0.1, 0.15) is 12.4 Å². The van der Waals surface area contributed by atoms with Crippen LogP contribution in [0.1, 0.15) is 16.7 Å². The normalized spacial score (nSPS) is 12.7. The van der Waals surface area contributed by atoms with E-state index in [-0.39, 0.29) is 36.4 Å². The summed E-state index contributed by atoms with van der Waals surface area (Å²) in [7, 11) is 4.61. The SMILES string of the molecule is COc1cc(COC(=O)C2=Cc3c(n(C)c(=O)n(Cc4ccc(F)c(F)c4)c3=O)N(C)C2)ccn1. The second kappa shape index (κ2) is 9.53. The van der Waals surface area contributed by atoms with Crippen LogP contribution in [0.15, 0.2) is 51.7 Å². The number of halogens is 2. The first-order valence-electron chi connectivity index (χ1n) is 10.5. The summed E-state index contributed by atoms with van der Waals surface area (Å²) in [4.78, 5) is 44.5. The van der Waals surface area contributed by atoms with Gasteiger partial charge in [-0.3, -0.25) is 13.9 Å². The molecule has 35 heavy (non-hydrogen) atoms. The molecule has 0 atom stereocenters. The fourth-order valence-electron chi connectivity index (χ4n) is 3.90. The second-order valence-corrected chi connectivity index (χ2v) is 8.03. The number of methoxy groups -OCH3 is 1. The number of hydrogen-bond acceptors (Lipinski definition) is 7. The zero-order valence-corrected chi connectivity index (χ0v) is 19.2. The number of anilines is 1. The Morgan fingerprint density at radius 2 is 1.86 bits per heavy atom. The van der Waals surface area contributed by atoms with Gasteiger partial charge in [-0.2, -0.15) is 0 Å². The highest BCUT2D eigenvalue weighted by atomic mass is 19.2. The molecule has 0 radical (unpaired) electrons. The van der Waals surface area contributed by atoms with Crippen molar-refractivity contribution in [3.05, 3.63) is 91.3 Å². The van der Waals surface area contributed by atoms with E-state index in [1.807, 2.05) is 0 Å². The van der Waals surface area contributed by atoms with Crippen molar-refractivity contribution >= 4 is 17.9 Å². The van der Waals surface area contributed by atoms with E-state index in [1.165, 1.54) is 37.1 Å². The summed E-state index contributed by atoms with van der Waals surface area (Å²) < 4.78 is 39.6. The van der Waals surface area contributed by atoms with Gasteiger partial charge < -0.3 is 14.4 Å². The van der Waals surface area contributed by atoms with E-state index >= 15 is 0 Å². The Hall–Kier alpha value is -4.28. The molecule has 1 aliphatic rings. The average Bonchev–Trinajstić information content (AvgIpc) is 2.85. The number of likely N-dealkylation sites (N-methyl/N-ethyl adjacent to an activating group) is 1. The van der Waals surface area contributed by atoms with Gasteiger partial charge in [0, 0.05) is 26.4 Å². The number of benzene rings is 1. The molecule has 2 aromatic heterocycles. The van der Waals surface area contributed by atoms with Crippen molar-refractivity contribution in [3.8, 4) is 5.88 Å². The van der Waals surface area contributed by atoms with Gasteiger partial charge in [-0.15, -0.1) is 0 Å². The van der Waals surface area contributed by atoms with Crippen LogP contribution in [0, 0.1) is 11.6 Å². The van der Waals surface area contributed by atoms with Crippen LogP contribution in [0.4, 0.5) is 14.6 Å². The first kappa shape index (κ1) is 23.9. The molecule has 1 aromatic carbocycles. The Balaban J connectivity index is 1.66. The smallest absolute Gasteiger partial charge is 0.336 e. The number of ether oxygens (including phenoxy) is 2. The summed E-state index contributed by atoms with van der Waals surface area (Å²) >= 11 is 0. The number of aromatic nitrogens is 3. The summed E-state index contributed by atoms with van der Waals surface area (Å²) in [6, 6.07) is 6.47. The molecule has 0 fully saturated rings. The topological polar surface area (TPSA) is 95.7 Å². The molecule has 0 saturated heterocycles. The van der Waals surface area contributed by atoms with E-state index in [0.717, 1.165) is 16.7 Å². The highest BCUT2D eigenvalue weighted by Crippen LogP contribution is 2.24. The molecule has 0 N–H and O–H groups in total. The van der Waals surface area contributed by atoms with E-state index in [9.17, 15) is 23.2 Å². The lowest BCUT2D eigenvalue weighted by Crippen LogP contribution is -2.45. The van der Waals surface area contributed by atoms with Crippen molar-refractivity contribution in [1.29, 1.82) is 0 Å². The summed E-state index contributed by atoms with van der Waals surface area (Å²) in [6.07, 6.45) is 2.93. The lowest BCUT2D eigenvalue weighted by molar-refractivity contribution is -0.140. The molecular formula is C24H22F2N4O5. The molecule has 182 valence electrons. The first-order valence-corrected chi connectivity index (χ1v) is 10.5. The van der Waals surface area contributed by atoms with Crippen LogP contribution in [0.25, 0.3) is 6.08 Å². The molecule has 0 spiro atoms. The molecule has 0 bridgehead atoms. The predicted octanol–water partition coefficient (Wildman–Crippen LogP) is 1.85. The number of fused-ring (bicyclic) bond motifs is 1. The quantitative estimate of drug-likeness (QED) is 0.493. The van der Waals surface area contributed by atoms with Crippen molar-refractivity contribution in [2.45, 2.75) is 13.2 Å². The zero-order chi connectivity index (χ0) is 25.3. The number of carbonyl (C=O) groups is 1. The molecule has 0 amide bonds. The molecule has 3 aromatic rings. The maximum atomic E-state index is 13.6. The van der Waals surface area contributed by atoms with Gasteiger partial charge in [-0.05, 0) is 35.4 Å². The number of pyridine rings is 1. The van der Waals surface area contributed by atoms with Gasteiger partial charge in [0.15, 0.2) is 11.6 Å². The molecule has 1 aliphatic heterocycles. The number of nitrogens with zero attached hydrogens (tertiary/aromatic N) is 4. The molecule has 0 unspecified atom stereocenters. The minimum absolute atomic E-state index is 0.0285. The standard InChI is InChI=1S/C24H22F2N4O5/c1-28-12-16(23(32)35-13-15-6-7-27-20(9-15)34-3)10-17-21(28)29(2)24(33)30(22(17)31)11-14-4-5-18(25)19(26)8-14/h4-10H,11-13H2,1-3H3. The highest BCUT2D eigenvalue weighted by Gasteiger charge is 2.27. The fourth-order valence-corrected chi connectivity index (χ4v) is 3.90. The fraction of sp³-hybridized carbons (Fsp3) is 0.250. The molecule has 3 heterocycles. The average molecular weight is 484 g/mol. The molecule has 9 nitrogen and oxygen atoms in total. The van der Waals surface area contributed by atoms with Gasteiger partial charge in [-0.25, -0.2) is 23.4 Å². The summed E-state index contributed by atoms with van der Waals surface area (Å²) in [5, 5.41) is 0. The van der Waals surface area contributed by atoms with Crippen LogP contribution in [0.2, 0.25) is 0 Å². The maximum absolute atomic E-state index is 13.6. The first-order chi connectivity index (χ1) is 16.7. The maximum Gasteiger partial charge on any atom is 0.336 e. The Bertz CT molecular complexity index is 1460. The van der Waals surface area contributed by atoms with E-state index in [1.54, 1.807) is 24.1 Å². The Morgan fingerprint density at radius 1 is 1.09 bits per heavy atom. The van der Waals surface area contributed by atoms with Gasteiger partial charge in [0.25, 0.3) is 5.56 Å². The van der Waals surface area contributed by atoms with Crippen LogP contribution in [0.5, 0.6) is 5.88 Å². The Morgan fingerprint density at radius 3 is 2.57 bits per heavy atom. The third-order valence-corrected chi connectivity index (χ3v) is 5.60. The van der Waals surface area contributed by atoms with Crippen LogP contribution in [-0.2, 0) is 29.7 Å². The van der Waals surface area contributed by atoms with Crippen LogP contribution in [0.3, 0.4) is 0 Å². The lowest BCUT2D eigenvalue weighted by atomic mass is 10.1. The van der Waals surface area contributed by atoms with Crippen LogP contribution >= 0.6 is 0 Å². The summed E-state index contributed by atoms with van der Waals surface area (Å²) in [5.74, 6) is -2.03.